The van der Waals surface area contributed by atoms with Gasteiger partial charge in [0.2, 0.25) is 0 Å². The first-order valence-corrected chi connectivity index (χ1v) is 6.81. The molecule has 8 nitrogen and oxygen atoms in total. The van der Waals surface area contributed by atoms with Gasteiger partial charge >= 0.3 is 17.6 Å². The van der Waals surface area contributed by atoms with Gasteiger partial charge in [-0.3, -0.25) is 19.7 Å². The fraction of sp³-hybridized carbons (Fsp3) is 0.125. The van der Waals surface area contributed by atoms with Gasteiger partial charge in [0.15, 0.2) is 11.7 Å². The highest BCUT2D eigenvalue weighted by Gasteiger charge is 2.30. The van der Waals surface area contributed by atoms with E-state index in [9.17, 15) is 19.7 Å². The lowest BCUT2D eigenvalue weighted by Gasteiger charge is -2.11. The number of nitro groups is 1. The van der Waals surface area contributed by atoms with Crippen molar-refractivity contribution in [2.75, 3.05) is 0 Å². The molecule has 0 unspecified atom stereocenters. The van der Waals surface area contributed by atoms with E-state index < -0.39 is 22.8 Å². The maximum absolute atomic E-state index is 11.1. The maximum Gasteiger partial charge on any atom is 0.322 e. The zero-order chi connectivity index (χ0) is 17.7. The number of rotatable bonds is 7. The predicted octanol–water partition coefficient (Wildman–Crippen LogP) is 2.43. The Morgan fingerprint density at radius 3 is 2.25 bits per heavy atom. The quantitative estimate of drug-likeness (QED) is 0.453. The van der Waals surface area contributed by atoms with Gasteiger partial charge in [0.25, 0.3) is 0 Å². The van der Waals surface area contributed by atoms with E-state index in [0.29, 0.717) is 0 Å². The molecule has 0 aliphatic rings. The molecule has 0 aliphatic heterocycles. The number of hydrogen-bond donors (Lipinski definition) is 2. The number of nitrogens with zero attached hydrogens (tertiary/aromatic N) is 1. The first-order valence-electron chi connectivity index (χ1n) is 6.81. The van der Waals surface area contributed by atoms with Gasteiger partial charge in [-0.25, -0.2) is 0 Å². The number of carboxylic acid groups (broad SMARTS) is 2. The molecule has 2 aromatic rings. The molecule has 24 heavy (non-hydrogen) atoms. The van der Waals surface area contributed by atoms with E-state index in [-0.39, 0.29) is 23.6 Å². The molecular weight excluding hydrogens is 318 g/mol. The van der Waals surface area contributed by atoms with E-state index in [1.165, 1.54) is 0 Å². The fourth-order valence-corrected chi connectivity index (χ4v) is 2.10. The lowest BCUT2D eigenvalue weighted by Crippen LogP contribution is -2.21. The first-order chi connectivity index (χ1) is 11.4. The minimum atomic E-state index is -1.83. The van der Waals surface area contributed by atoms with Crippen LogP contribution in [0.4, 0.5) is 5.69 Å². The number of nitro benzene ring substituents is 1. The largest absolute Gasteiger partial charge is 0.482 e. The molecule has 0 radical (unpaired) electrons. The Morgan fingerprint density at radius 1 is 1.08 bits per heavy atom. The highest BCUT2D eigenvalue weighted by atomic mass is 16.6. The van der Waals surface area contributed by atoms with Crippen molar-refractivity contribution in [3.05, 3.63) is 69.8 Å². The zero-order valence-corrected chi connectivity index (χ0v) is 12.3. The highest BCUT2D eigenvalue weighted by Crippen LogP contribution is 2.31. The Labute approximate surface area is 136 Å². The molecule has 0 saturated heterocycles. The monoisotopic (exact) mass is 331 g/mol. The molecule has 0 aliphatic carbocycles. The third kappa shape index (κ3) is 3.86. The van der Waals surface area contributed by atoms with Gasteiger partial charge in [-0.15, -0.1) is 0 Å². The van der Waals surface area contributed by atoms with Gasteiger partial charge in [-0.05, 0) is 17.2 Å². The van der Waals surface area contributed by atoms with Gasteiger partial charge in [0.1, 0.15) is 6.61 Å². The summed E-state index contributed by atoms with van der Waals surface area (Å²) in [5, 5.41) is 29.1. The van der Waals surface area contributed by atoms with Crippen molar-refractivity contribution in [1.82, 2.24) is 0 Å². The number of aliphatic carboxylic acids is 2. The molecule has 2 N–H and O–H groups in total. The Kier molecular flexibility index (Phi) is 5.10. The minimum Gasteiger partial charge on any atom is -0.482 e. The molecule has 8 heteroatoms. The van der Waals surface area contributed by atoms with Crippen LogP contribution >= 0.6 is 0 Å². The normalized spacial score (nSPS) is 10.4. The van der Waals surface area contributed by atoms with Crippen LogP contribution in [0.1, 0.15) is 17.0 Å². The maximum atomic E-state index is 11.1. The summed E-state index contributed by atoms with van der Waals surface area (Å²) in [7, 11) is 0. The van der Waals surface area contributed by atoms with Crippen molar-refractivity contribution in [3.8, 4) is 5.75 Å². The van der Waals surface area contributed by atoms with E-state index >= 15 is 0 Å². The van der Waals surface area contributed by atoms with E-state index in [0.717, 1.165) is 23.8 Å². The second kappa shape index (κ2) is 7.23. The Morgan fingerprint density at radius 2 is 1.71 bits per heavy atom. The summed E-state index contributed by atoms with van der Waals surface area (Å²) in [5.41, 5.74) is 0.276. The number of carboxylic acids is 2. The predicted molar refractivity (Wildman–Crippen MR) is 81.9 cm³/mol. The highest BCUT2D eigenvalue weighted by molar-refractivity contribution is 5.99. The molecule has 0 heterocycles. The number of hydrogen-bond acceptors (Lipinski definition) is 5. The standard InChI is InChI=1S/C16H13NO7/c18-15(19)14(16(20)21)11-6-7-12(17(22)23)13(8-11)24-9-10-4-2-1-3-5-10/h1-8,14H,9H2,(H,18,19)(H,20,21). The topological polar surface area (TPSA) is 127 Å². The Bertz CT molecular complexity index is 759. The van der Waals surface area contributed by atoms with E-state index in [1.54, 1.807) is 30.3 Å². The lowest BCUT2D eigenvalue weighted by molar-refractivity contribution is -0.386. The van der Waals surface area contributed by atoms with Gasteiger partial charge < -0.3 is 14.9 Å². The van der Waals surface area contributed by atoms with Gasteiger partial charge in [0.05, 0.1) is 4.92 Å². The van der Waals surface area contributed by atoms with Crippen LogP contribution in [0.3, 0.4) is 0 Å². The van der Waals surface area contributed by atoms with E-state index in [1.807, 2.05) is 0 Å². The second-order valence-electron chi connectivity index (χ2n) is 4.87. The molecule has 0 fully saturated rings. The van der Waals surface area contributed by atoms with Crippen molar-refractivity contribution in [2.45, 2.75) is 12.5 Å². The van der Waals surface area contributed by atoms with Crippen LogP contribution in [0.15, 0.2) is 48.5 Å². The first kappa shape index (κ1) is 16.9. The minimum absolute atomic E-state index is 0.0238. The average molecular weight is 331 g/mol. The van der Waals surface area contributed by atoms with E-state index in [2.05, 4.69) is 0 Å². The molecular formula is C16H13NO7. The molecule has 0 spiro atoms. The summed E-state index contributed by atoms with van der Waals surface area (Å²) in [4.78, 5) is 32.6. The smallest absolute Gasteiger partial charge is 0.322 e. The zero-order valence-electron chi connectivity index (χ0n) is 12.3. The van der Waals surface area contributed by atoms with Crippen LogP contribution in [-0.2, 0) is 16.2 Å². The molecule has 0 amide bonds. The third-order valence-electron chi connectivity index (χ3n) is 3.24. The summed E-state index contributed by atoms with van der Waals surface area (Å²) < 4.78 is 5.41. The van der Waals surface area contributed by atoms with Crippen molar-refractivity contribution < 1.29 is 29.5 Å². The van der Waals surface area contributed by atoms with Gasteiger partial charge in [-0.2, -0.15) is 0 Å². The number of benzene rings is 2. The lowest BCUT2D eigenvalue weighted by atomic mass is 9.99. The van der Waals surface area contributed by atoms with Gasteiger partial charge in [0, 0.05) is 6.07 Å². The van der Waals surface area contributed by atoms with Crippen molar-refractivity contribution in [1.29, 1.82) is 0 Å². The van der Waals surface area contributed by atoms with Crippen LogP contribution in [0, 0.1) is 10.1 Å². The Hall–Kier alpha value is -3.42. The molecule has 0 saturated carbocycles. The molecule has 0 aromatic heterocycles. The summed E-state index contributed by atoms with van der Waals surface area (Å²) in [6.45, 7) is 0.0238. The average Bonchev–Trinajstić information content (AvgIpc) is 2.53. The second-order valence-corrected chi connectivity index (χ2v) is 4.87. The summed E-state index contributed by atoms with van der Waals surface area (Å²) >= 11 is 0. The van der Waals surface area contributed by atoms with Crippen LogP contribution in [0.25, 0.3) is 0 Å². The number of carbonyl (C=O) groups is 2. The van der Waals surface area contributed by atoms with Crippen LogP contribution in [-0.4, -0.2) is 27.1 Å². The molecule has 2 rings (SSSR count). The molecule has 124 valence electrons. The summed E-state index contributed by atoms with van der Waals surface area (Å²) in [5.74, 6) is -5.14. The summed E-state index contributed by atoms with van der Waals surface area (Å²) in [6, 6.07) is 12.1. The van der Waals surface area contributed by atoms with Crippen molar-refractivity contribution >= 4 is 17.6 Å². The van der Waals surface area contributed by atoms with E-state index in [4.69, 9.17) is 14.9 Å². The molecule has 0 atom stereocenters. The van der Waals surface area contributed by atoms with Crippen LogP contribution in [0.2, 0.25) is 0 Å². The molecule has 2 aromatic carbocycles. The van der Waals surface area contributed by atoms with Crippen LogP contribution < -0.4 is 4.74 Å². The number of ether oxygens (including phenoxy) is 1. The van der Waals surface area contributed by atoms with Gasteiger partial charge in [-0.1, -0.05) is 36.4 Å². The Balaban J connectivity index is 2.36. The van der Waals surface area contributed by atoms with Crippen molar-refractivity contribution in [3.63, 3.8) is 0 Å². The third-order valence-corrected chi connectivity index (χ3v) is 3.24. The van der Waals surface area contributed by atoms with Crippen LogP contribution in [0.5, 0.6) is 5.75 Å². The summed E-state index contributed by atoms with van der Waals surface area (Å²) in [6.07, 6.45) is 0. The fourth-order valence-electron chi connectivity index (χ4n) is 2.10. The van der Waals surface area contributed by atoms with Crippen molar-refractivity contribution in [2.24, 2.45) is 0 Å². The SMILES string of the molecule is O=C(O)C(C(=O)O)c1ccc([N+](=O)[O-])c(OCc2ccccc2)c1. The molecule has 0 bridgehead atoms.